The van der Waals surface area contributed by atoms with Crippen LogP contribution in [-0.2, 0) is 0 Å². The van der Waals surface area contributed by atoms with E-state index in [9.17, 15) is 5.11 Å². The van der Waals surface area contributed by atoms with E-state index in [0.717, 1.165) is 18.8 Å². The first-order chi connectivity index (χ1) is 5.83. The highest BCUT2D eigenvalue weighted by Crippen LogP contribution is 2.24. The second kappa shape index (κ2) is 5.58. The van der Waals surface area contributed by atoms with Gasteiger partial charge in [0.05, 0.1) is 6.10 Å². The van der Waals surface area contributed by atoms with E-state index in [-0.39, 0.29) is 6.10 Å². The molecule has 12 heavy (non-hydrogen) atoms. The largest absolute Gasteiger partial charge is 0.393 e. The van der Waals surface area contributed by atoms with E-state index in [0.29, 0.717) is 0 Å². The van der Waals surface area contributed by atoms with Gasteiger partial charge in [-0.1, -0.05) is 45.4 Å². The van der Waals surface area contributed by atoms with Crippen LogP contribution in [0, 0.1) is 5.92 Å². The van der Waals surface area contributed by atoms with Crippen LogP contribution < -0.4 is 0 Å². The first kappa shape index (κ1) is 10.0. The minimum absolute atomic E-state index is 0.00644. The highest BCUT2D eigenvalue weighted by molar-refractivity contribution is 4.67. The Hall–Kier alpha value is -0.0400. The smallest absolute Gasteiger partial charge is 0.0542 e. The fraction of sp³-hybridized carbons (Fsp3) is 1.00. The molecule has 0 spiro atoms. The maximum Gasteiger partial charge on any atom is 0.0542 e. The Morgan fingerprint density at radius 3 is 2.42 bits per heavy atom. The molecule has 0 aromatic carbocycles. The quantitative estimate of drug-likeness (QED) is 0.641. The second-order valence-corrected chi connectivity index (χ2v) is 4.16. The van der Waals surface area contributed by atoms with Crippen LogP contribution in [-0.4, -0.2) is 11.2 Å². The van der Waals surface area contributed by atoms with E-state index in [1.54, 1.807) is 0 Å². The Kier molecular flexibility index (Phi) is 4.67. The van der Waals surface area contributed by atoms with Crippen molar-refractivity contribution in [3.8, 4) is 0 Å². The molecule has 0 amide bonds. The number of hydrogen-bond acceptors (Lipinski definition) is 1. The average molecular weight is 170 g/mol. The number of rotatable bonds is 1. The van der Waals surface area contributed by atoms with Crippen LogP contribution in [0.4, 0.5) is 0 Å². The Bertz CT molecular complexity index is 112. The molecular weight excluding hydrogens is 148 g/mol. The topological polar surface area (TPSA) is 20.2 Å². The van der Waals surface area contributed by atoms with Gasteiger partial charge in [0.1, 0.15) is 0 Å². The maximum absolute atomic E-state index is 9.64. The molecule has 1 nitrogen and oxygen atoms in total. The van der Waals surface area contributed by atoms with Gasteiger partial charge >= 0.3 is 0 Å². The van der Waals surface area contributed by atoms with Crippen molar-refractivity contribution in [3.63, 3.8) is 0 Å². The van der Waals surface area contributed by atoms with Crippen molar-refractivity contribution in [2.75, 3.05) is 0 Å². The van der Waals surface area contributed by atoms with Crippen LogP contribution in [0.3, 0.4) is 0 Å². The van der Waals surface area contributed by atoms with Gasteiger partial charge in [-0.15, -0.1) is 0 Å². The van der Waals surface area contributed by atoms with Gasteiger partial charge in [0.15, 0.2) is 0 Å². The summed E-state index contributed by atoms with van der Waals surface area (Å²) in [5, 5.41) is 9.64. The summed E-state index contributed by atoms with van der Waals surface area (Å²) in [6.45, 7) is 2.25. The first-order valence-corrected chi connectivity index (χ1v) is 5.51. The summed E-state index contributed by atoms with van der Waals surface area (Å²) in [6.07, 6.45) is 9.99. The highest BCUT2D eigenvalue weighted by Gasteiger charge is 2.14. The molecule has 1 aliphatic rings. The van der Waals surface area contributed by atoms with Crippen molar-refractivity contribution in [1.29, 1.82) is 0 Å². The van der Waals surface area contributed by atoms with E-state index in [2.05, 4.69) is 6.92 Å². The lowest BCUT2D eigenvalue weighted by molar-refractivity contribution is 0.129. The van der Waals surface area contributed by atoms with Gasteiger partial charge in [-0.3, -0.25) is 0 Å². The van der Waals surface area contributed by atoms with Crippen LogP contribution >= 0.6 is 0 Å². The minimum Gasteiger partial charge on any atom is -0.393 e. The Morgan fingerprint density at radius 1 is 1.08 bits per heavy atom. The van der Waals surface area contributed by atoms with E-state index in [4.69, 9.17) is 0 Å². The van der Waals surface area contributed by atoms with Gasteiger partial charge in [-0.05, 0) is 18.8 Å². The zero-order chi connectivity index (χ0) is 8.81. The number of aliphatic hydroxyl groups excluding tert-OH is 1. The molecule has 0 bridgehead atoms. The summed E-state index contributed by atoms with van der Waals surface area (Å²) in [7, 11) is 0. The first-order valence-electron chi connectivity index (χ1n) is 5.51. The van der Waals surface area contributed by atoms with Crippen LogP contribution in [0.2, 0.25) is 0 Å². The molecule has 1 rings (SSSR count). The lowest BCUT2D eigenvalue weighted by Crippen LogP contribution is -2.12. The molecule has 0 saturated heterocycles. The molecule has 2 atom stereocenters. The van der Waals surface area contributed by atoms with E-state index < -0.39 is 0 Å². The van der Waals surface area contributed by atoms with Crippen molar-refractivity contribution in [2.45, 2.75) is 64.4 Å². The van der Waals surface area contributed by atoms with Crippen molar-refractivity contribution < 1.29 is 5.11 Å². The van der Waals surface area contributed by atoms with Gasteiger partial charge in [0.2, 0.25) is 0 Å². The van der Waals surface area contributed by atoms with E-state index >= 15 is 0 Å². The SMILES string of the molecule is CCC1CCCCCCC(O)C1. The van der Waals surface area contributed by atoms with Crippen molar-refractivity contribution in [1.82, 2.24) is 0 Å². The van der Waals surface area contributed by atoms with Crippen LogP contribution in [0.1, 0.15) is 58.3 Å². The van der Waals surface area contributed by atoms with E-state index in [1.807, 2.05) is 0 Å². The summed E-state index contributed by atoms with van der Waals surface area (Å²) in [4.78, 5) is 0. The predicted octanol–water partition coefficient (Wildman–Crippen LogP) is 3.12. The van der Waals surface area contributed by atoms with Crippen molar-refractivity contribution in [3.05, 3.63) is 0 Å². The summed E-state index contributed by atoms with van der Waals surface area (Å²) in [5.74, 6) is 0.790. The van der Waals surface area contributed by atoms with Gasteiger partial charge in [0, 0.05) is 0 Å². The van der Waals surface area contributed by atoms with Gasteiger partial charge < -0.3 is 5.11 Å². The zero-order valence-electron chi connectivity index (χ0n) is 8.26. The molecule has 0 aromatic heterocycles. The molecule has 2 unspecified atom stereocenters. The minimum atomic E-state index is -0.00644. The van der Waals surface area contributed by atoms with Crippen LogP contribution in [0.5, 0.6) is 0 Å². The molecule has 0 radical (unpaired) electrons. The van der Waals surface area contributed by atoms with E-state index in [1.165, 1.54) is 38.5 Å². The van der Waals surface area contributed by atoms with Gasteiger partial charge in [0.25, 0.3) is 0 Å². The normalized spacial score (nSPS) is 33.5. The molecule has 1 N–H and O–H groups in total. The third-order valence-corrected chi connectivity index (χ3v) is 3.08. The zero-order valence-corrected chi connectivity index (χ0v) is 8.26. The lowest BCUT2D eigenvalue weighted by atomic mass is 9.93. The van der Waals surface area contributed by atoms with Crippen molar-refractivity contribution in [2.24, 2.45) is 5.92 Å². The number of aliphatic hydroxyl groups is 1. The molecule has 1 aliphatic carbocycles. The maximum atomic E-state index is 9.64. The third kappa shape index (κ3) is 3.57. The van der Waals surface area contributed by atoms with Crippen LogP contribution in [0.25, 0.3) is 0 Å². The van der Waals surface area contributed by atoms with Crippen molar-refractivity contribution >= 4 is 0 Å². The molecule has 1 fully saturated rings. The van der Waals surface area contributed by atoms with Gasteiger partial charge in [-0.25, -0.2) is 0 Å². The standard InChI is InChI=1S/C11H22O/c1-2-10-7-5-3-4-6-8-11(12)9-10/h10-12H,2-9H2,1H3. The second-order valence-electron chi connectivity index (χ2n) is 4.16. The summed E-state index contributed by atoms with van der Waals surface area (Å²) >= 11 is 0. The Balaban J connectivity index is 2.32. The average Bonchev–Trinajstić information content (AvgIpc) is 2.16. The Morgan fingerprint density at radius 2 is 1.75 bits per heavy atom. The summed E-state index contributed by atoms with van der Waals surface area (Å²) in [6, 6.07) is 0. The molecule has 1 saturated carbocycles. The monoisotopic (exact) mass is 170 g/mol. The predicted molar refractivity (Wildman–Crippen MR) is 52.1 cm³/mol. The molecule has 0 heterocycles. The third-order valence-electron chi connectivity index (χ3n) is 3.08. The van der Waals surface area contributed by atoms with Crippen LogP contribution in [0.15, 0.2) is 0 Å². The summed E-state index contributed by atoms with van der Waals surface area (Å²) in [5.41, 5.74) is 0. The van der Waals surface area contributed by atoms with Gasteiger partial charge in [-0.2, -0.15) is 0 Å². The molecule has 0 aromatic rings. The lowest BCUT2D eigenvalue weighted by Gasteiger charge is -2.16. The summed E-state index contributed by atoms with van der Waals surface area (Å²) < 4.78 is 0. The molecule has 72 valence electrons. The fourth-order valence-electron chi connectivity index (χ4n) is 2.16. The number of hydrogen-bond donors (Lipinski definition) is 1. The highest BCUT2D eigenvalue weighted by atomic mass is 16.3. The fourth-order valence-corrected chi connectivity index (χ4v) is 2.16. The molecule has 1 heteroatoms. The molecular formula is C11H22O. The Labute approximate surface area is 76.2 Å². The molecule has 0 aliphatic heterocycles.